The number of allylic oxidation sites excluding steroid dienone is 1. The van der Waals surface area contributed by atoms with Crippen molar-refractivity contribution in [1.82, 2.24) is 0 Å². The average Bonchev–Trinajstić information content (AvgIpc) is 2.66. The van der Waals surface area contributed by atoms with E-state index in [1.807, 2.05) is 6.08 Å². The Morgan fingerprint density at radius 2 is 1.95 bits per heavy atom. The molecule has 1 aromatic carbocycles. The van der Waals surface area contributed by atoms with Gasteiger partial charge in [0.1, 0.15) is 0 Å². The Hall–Kier alpha value is -1.78. The predicted octanol–water partition coefficient (Wildman–Crippen LogP) is 4.17. The summed E-state index contributed by atoms with van der Waals surface area (Å²) in [6.07, 6.45) is 2.65. The quantitative estimate of drug-likeness (QED) is 0.595. The second-order valence-electron chi connectivity index (χ2n) is 4.39. The molecular formula is C14H17F2NO2. The number of fused-ring (bicyclic) bond motifs is 1. The van der Waals surface area contributed by atoms with Crippen LogP contribution in [0.2, 0.25) is 0 Å². The first-order valence-corrected chi connectivity index (χ1v) is 6.35. The summed E-state index contributed by atoms with van der Waals surface area (Å²) >= 11 is 0. The van der Waals surface area contributed by atoms with Gasteiger partial charge in [0.2, 0.25) is 0 Å². The fourth-order valence-corrected chi connectivity index (χ4v) is 1.88. The minimum atomic E-state index is -3.55. The molecule has 0 bridgehead atoms. The molecule has 1 aliphatic heterocycles. The van der Waals surface area contributed by atoms with Crippen molar-refractivity contribution in [2.75, 3.05) is 11.9 Å². The lowest BCUT2D eigenvalue weighted by Crippen LogP contribution is -2.25. The molecule has 1 aromatic rings. The normalized spacial score (nSPS) is 15.3. The van der Waals surface area contributed by atoms with Crippen molar-refractivity contribution in [3.8, 4) is 11.5 Å². The molecule has 1 heterocycles. The molecule has 104 valence electrons. The van der Waals surface area contributed by atoms with Crippen LogP contribution in [0, 0.1) is 0 Å². The lowest BCUT2D eigenvalue weighted by Gasteiger charge is -2.06. The summed E-state index contributed by atoms with van der Waals surface area (Å²) in [5, 5.41) is 3.17. The van der Waals surface area contributed by atoms with E-state index in [0.717, 1.165) is 37.9 Å². The zero-order chi connectivity index (χ0) is 13.7. The zero-order valence-electron chi connectivity index (χ0n) is 10.6. The van der Waals surface area contributed by atoms with E-state index < -0.39 is 6.29 Å². The molecule has 0 fully saturated rings. The van der Waals surface area contributed by atoms with Crippen molar-refractivity contribution in [3.63, 3.8) is 0 Å². The molecule has 0 saturated heterocycles. The molecule has 0 aliphatic carbocycles. The summed E-state index contributed by atoms with van der Waals surface area (Å²) in [5.41, 5.74) is 0.753. The van der Waals surface area contributed by atoms with E-state index in [-0.39, 0.29) is 11.5 Å². The molecule has 0 saturated carbocycles. The predicted molar refractivity (Wildman–Crippen MR) is 69.8 cm³/mol. The van der Waals surface area contributed by atoms with Crippen LogP contribution in [-0.4, -0.2) is 12.8 Å². The van der Waals surface area contributed by atoms with Crippen LogP contribution in [0.3, 0.4) is 0 Å². The number of benzene rings is 1. The molecule has 19 heavy (non-hydrogen) atoms. The molecule has 0 aromatic heterocycles. The van der Waals surface area contributed by atoms with Gasteiger partial charge in [-0.1, -0.05) is 12.5 Å². The fourth-order valence-electron chi connectivity index (χ4n) is 1.88. The van der Waals surface area contributed by atoms with Gasteiger partial charge >= 0.3 is 6.29 Å². The third-order valence-electron chi connectivity index (χ3n) is 2.82. The van der Waals surface area contributed by atoms with Crippen LogP contribution in [0.1, 0.15) is 25.7 Å². The monoisotopic (exact) mass is 269 g/mol. The van der Waals surface area contributed by atoms with Crippen LogP contribution < -0.4 is 14.8 Å². The minimum absolute atomic E-state index is 0.0709. The van der Waals surface area contributed by atoms with Crippen LogP contribution in [0.15, 0.2) is 30.9 Å². The van der Waals surface area contributed by atoms with Gasteiger partial charge in [0.25, 0.3) is 0 Å². The van der Waals surface area contributed by atoms with Crippen molar-refractivity contribution < 1.29 is 18.3 Å². The lowest BCUT2D eigenvalue weighted by atomic mass is 10.2. The van der Waals surface area contributed by atoms with Crippen LogP contribution in [0.25, 0.3) is 0 Å². The SMILES string of the molecule is C=CCCCCCNc1ccc2c(c1)OC(F)(F)O2. The van der Waals surface area contributed by atoms with Gasteiger partial charge in [0.15, 0.2) is 11.5 Å². The average molecular weight is 269 g/mol. The highest BCUT2D eigenvalue weighted by Crippen LogP contribution is 2.42. The molecule has 5 heteroatoms. The van der Waals surface area contributed by atoms with E-state index in [0.29, 0.717) is 0 Å². The summed E-state index contributed by atoms with van der Waals surface area (Å²) in [7, 11) is 0. The van der Waals surface area contributed by atoms with E-state index in [1.54, 1.807) is 6.07 Å². The minimum Gasteiger partial charge on any atom is -0.395 e. The lowest BCUT2D eigenvalue weighted by molar-refractivity contribution is -0.286. The van der Waals surface area contributed by atoms with E-state index in [1.165, 1.54) is 12.1 Å². The first-order chi connectivity index (χ1) is 9.11. The number of ether oxygens (including phenoxy) is 2. The fraction of sp³-hybridized carbons (Fsp3) is 0.429. The van der Waals surface area contributed by atoms with Crippen molar-refractivity contribution in [1.29, 1.82) is 0 Å². The van der Waals surface area contributed by atoms with Gasteiger partial charge in [0, 0.05) is 18.3 Å². The largest absolute Gasteiger partial charge is 0.586 e. The highest BCUT2D eigenvalue weighted by atomic mass is 19.3. The number of anilines is 1. The summed E-state index contributed by atoms with van der Waals surface area (Å²) in [6, 6.07) is 4.71. The Morgan fingerprint density at radius 3 is 2.74 bits per heavy atom. The van der Waals surface area contributed by atoms with E-state index in [2.05, 4.69) is 21.4 Å². The van der Waals surface area contributed by atoms with Gasteiger partial charge in [-0.2, -0.15) is 0 Å². The second-order valence-corrected chi connectivity index (χ2v) is 4.39. The summed E-state index contributed by atoms with van der Waals surface area (Å²) in [6.45, 7) is 4.47. The summed E-state index contributed by atoms with van der Waals surface area (Å²) < 4.78 is 34.4. The van der Waals surface area contributed by atoms with Crippen LogP contribution in [0.5, 0.6) is 11.5 Å². The molecule has 0 spiro atoms. The highest BCUT2D eigenvalue weighted by molar-refractivity contribution is 5.55. The summed E-state index contributed by atoms with van der Waals surface area (Å²) in [5.74, 6) is 0.142. The van der Waals surface area contributed by atoms with Gasteiger partial charge < -0.3 is 14.8 Å². The standard InChI is InChI=1S/C14H17F2NO2/c1-2-3-4-5-6-9-17-11-7-8-12-13(10-11)19-14(15,16)18-12/h2,7-8,10,17H,1,3-6,9H2. The zero-order valence-corrected chi connectivity index (χ0v) is 10.6. The van der Waals surface area contributed by atoms with Crippen molar-refractivity contribution >= 4 is 5.69 Å². The van der Waals surface area contributed by atoms with Crippen LogP contribution in [-0.2, 0) is 0 Å². The maximum Gasteiger partial charge on any atom is 0.586 e. The second kappa shape index (κ2) is 5.91. The highest BCUT2D eigenvalue weighted by Gasteiger charge is 2.43. The molecular weight excluding hydrogens is 252 g/mol. The van der Waals surface area contributed by atoms with Gasteiger partial charge in [0.05, 0.1) is 0 Å². The molecule has 0 radical (unpaired) electrons. The Kier molecular flexibility index (Phi) is 4.24. The molecule has 1 aliphatic rings. The third kappa shape index (κ3) is 3.84. The number of halogens is 2. The number of rotatable bonds is 7. The topological polar surface area (TPSA) is 30.5 Å². The number of unbranched alkanes of at least 4 members (excludes halogenated alkanes) is 3. The Morgan fingerprint density at radius 1 is 1.16 bits per heavy atom. The molecule has 0 atom stereocenters. The van der Waals surface area contributed by atoms with E-state index in [9.17, 15) is 8.78 Å². The number of alkyl halides is 2. The Labute approximate surface area is 111 Å². The molecule has 0 amide bonds. The summed E-state index contributed by atoms with van der Waals surface area (Å²) in [4.78, 5) is 0. The number of nitrogens with one attached hydrogen (secondary N) is 1. The van der Waals surface area contributed by atoms with Crippen molar-refractivity contribution in [3.05, 3.63) is 30.9 Å². The first kappa shape index (κ1) is 13.6. The molecule has 2 rings (SSSR count). The van der Waals surface area contributed by atoms with Gasteiger partial charge in [-0.25, -0.2) is 0 Å². The van der Waals surface area contributed by atoms with Gasteiger partial charge in [-0.3, -0.25) is 0 Å². The Balaban J connectivity index is 1.79. The smallest absolute Gasteiger partial charge is 0.395 e. The van der Waals surface area contributed by atoms with E-state index >= 15 is 0 Å². The molecule has 3 nitrogen and oxygen atoms in total. The van der Waals surface area contributed by atoms with Crippen molar-refractivity contribution in [2.45, 2.75) is 32.0 Å². The first-order valence-electron chi connectivity index (χ1n) is 6.35. The van der Waals surface area contributed by atoms with Gasteiger partial charge in [-0.15, -0.1) is 15.4 Å². The molecule has 0 unspecified atom stereocenters. The number of hydrogen-bond donors (Lipinski definition) is 1. The maximum absolute atomic E-state index is 12.8. The van der Waals surface area contributed by atoms with Gasteiger partial charge in [-0.05, 0) is 31.4 Å². The number of hydrogen-bond acceptors (Lipinski definition) is 3. The van der Waals surface area contributed by atoms with Crippen LogP contribution >= 0.6 is 0 Å². The third-order valence-corrected chi connectivity index (χ3v) is 2.82. The molecule has 1 N–H and O–H groups in total. The van der Waals surface area contributed by atoms with E-state index in [4.69, 9.17) is 0 Å². The maximum atomic E-state index is 12.8. The van der Waals surface area contributed by atoms with Crippen LogP contribution in [0.4, 0.5) is 14.5 Å². The van der Waals surface area contributed by atoms with Crippen molar-refractivity contribution in [2.24, 2.45) is 0 Å². The Bertz CT molecular complexity index is 449.